The summed E-state index contributed by atoms with van der Waals surface area (Å²) in [5, 5.41) is 11.9. The van der Waals surface area contributed by atoms with Gasteiger partial charge in [-0.15, -0.1) is 0 Å². The van der Waals surface area contributed by atoms with Gasteiger partial charge in [0.15, 0.2) is 5.82 Å². The van der Waals surface area contributed by atoms with Gasteiger partial charge in [-0.3, -0.25) is 0 Å². The number of nitrogens with one attached hydrogen (secondary N) is 1. The van der Waals surface area contributed by atoms with E-state index < -0.39 is 5.97 Å². The fraction of sp³-hybridized carbons (Fsp3) is 0.133. The van der Waals surface area contributed by atoms with Gasteiger partial charge in [0.05, 0.1) is 29.5 Å². The Bertz CT molecular complexity index is 707. The Balaban J connectivity index is 2.30. The summed E-state index contributed by atoms with van der Waals surface area (Å²) in [4.78, 5) is 15.9. The first kappa shape index (κ1) is 14.3. The predicted molar refractivity (Wildman–Crippen MR) is 79.0 cm³/mol. The van der Waals surface area contributed by atoms with Gasteiger partial charge in [-0.25, -0.2) is 9.78 Å². The van der Waals surface area contributed by atoms with Gasteiger partial charge in [-0.1, -0.05) is 6.07 Å². The molecule has 0 amide bonds. The lowest BCUT2D eigenvalue weighted by atomic mass is 10.2. The minimum atomic E-state index is -0.494. The van der Waals surface area contributed by atoms with Crippen LogP contribution < -0.4 is 11.1 Å². The van der Waals surface area contributed by atoms with E-state index in [4.69, 9.17) is 15.7 Å². The number of pyridine rings is 1. The van der Waals surface area contributed by atoms with Gasteiger partial charge in [-0.05, 0) is 31.2 Å². The maximum atomic E-state index is 11.8. The number of nitriles is 1. The lowest BCUT2D eigenvalue weighted by Crippen LogP contribution is -2.10. The second-order valence-corrected chi connectivity index (χ2v) is 4.16. The maximum Gasteiger partial charge on any atom is 0.340 e. The number of nitrogens with zero attached hydrogens (tertiary/aromatic N) is 2. The summed E-state index contributed by atoms with van der Waals surface area (Å²) in [6.45, 7) is 2.00. The first-order valence-corrected chi connectivity index (χ1v) is 6.34. The molecule has 2 rings (SSSR count). The second kappa shape index (κ2) is 6.39. The van der Waals surface area contributed by atoms with Crippen LogP contribution in [0.1, 0.15) is 22.8 Å². The molecular formula is C15H14N4O2. The van der Waals surface area contributed by atoms with Crippen LogP contribution in [0.3, 0.4) is 0 Å². The van der Waals surface area contributed by atoms with Crippen molar-refractivity contribution in [2.75, 3.05) is 17.7 Å². The van der Waals surface area contributed by atoms with Crippen molar-refractivity contribution in [3.8, 4) is 6.07 Å². The fourth-order valence-electron chi connectivity index (χ4n) is 1.76. The van der Waals surface area contributed by atoms with Crippen LogP contribution in [-0.2, 0) is 4.74 Å². The third-order valence-corrected chi connectivity index (χ3v) is 2.74. The molecule has 0 saturated carbocycles. The standard InChI is InChI=1S/C15H14N4O2/c1-2-21-15(20)12-6-7-18-14(13(12)17)19-11-5-3-4-10(8-11)9-16/h3-8H,2,17H2,1H3,(H,18,19). The number of carbonyl (C=O) groups is 1. The predicted octanol–water partition coefficient (Wildman–Crippen LogP) is 2.46. The number of anilines is 3. The molecule has 0 bridgehead atoms. The van der Waals surface area contributed by atoms with E-state index in [0.717, 1.165) is 0 Å². The number of nitrogen functional groups attached to an aromatic ring is 1. The monoisotopic (exact) mass is 282 g/mol. The Morgan fingerprint density at radius 2 is 2.29 bits per heavy atom. The normalized spacial score (nSPS) is 9.71. The van der Waals surface area contributed by atoms with E-state index in [-0.39, 0.29) is 17.9 Å². The molecule has 2 aromatic rings. The molecule has 0 unspecified atom stereocenters. The molecule has 6 nitrogen and oxygen atoms in total. The average molecular weight is 282 g/mol. The van der Waals surface area contributed by atoms with E-state index in [1.54, 1.807) is 31.2 Å². The molecule has 6 heteroatoms. The van der Waals surface area contributed by atoms with Crippen molar-refractivity contribution in [2.24, 2.45) is 0 Å². The third-order valence-electron chi connectivity index (χ3n) is 2.74. The minimum absolute atomic E-state index is 0.207. The highest BCUT2D eigenvalue weighted by atomic mass is 16.5. The quantitative estimate of drug-likeness (QED) is 0.835. The molecule has 1 aromatic carbocycles. The number of rotatable bonds is 4. The van der Waals surface area contributed by atoms with Gasteiger partial charge in [0, 0.05) is 11.9 Å². The van der Waals surface area contributed by atoms with Gasteiger partial charge in [0.25, 0.3) is 0 Å². The van der Waals surface area contributed by atoms with E-state index in [1.807, 2.05) is 6.07 Å². The molecule has 21 heavy (non-hydrogen) atoms. The summed E-state index contributed by atoms with van der Waals surface area (Å²) in [5.41, 5.74) is 7.58. The Kier molecular flexibility index (Phi) is 4.36. The molecule has 3 N–H and O–H groups in total. The van der Waals surface area contributed by atoms with Gasteiger partial charge < -0.3 is 15.8 Å². The molecule has 0 aliphatic heterocycles. The van der Waals surface area contributed by atoms with Crippen molar-refractivity contribution in [2.45, 2.75) is 6.92 Å². The van der Waals surface area contributed by atoms with Crippen LogP contribution in [0.2, 0.25) is 0 Å². The first-order valence-electron chi connectivity index (χ1n) is 6.34. The molecule has 0 aliphatic rings. The number of hydrogen-bond acceptors (Lipinski definition) is 6. The average Bonchev–Trinajstić information content (AvgIpc) is 2.50. The Labute approximate surface area is 122 Å². The Morgan fingerprint density at radius 3 is 3.00 bits per heavy atom. The molecule has 0 fully saturated rings. The maximum absolute atomic E-state index is 11.8. The van der Waals surface area contributed by atoms with Crippen molar-refractivity contribution >= 4 is 23.2 Å². The van der Waals surface area contributed by atoms with E-state index in [0.29, 0.717) is 17.1 Å². The number of nitrogens with two attached hydrogens (primary N) is 1. The molecule has 0 atom stereocenters. The number of benzene rings is 1. The summed E-state index contributed by atoms with van der Waals surface area (Å²) in [5.74, 6) is -0.151. The number of carbonyl (C=O) groups excluding carboxylic acids is 1. The van der Waals surface area contributed by atoms with Crippen molar-refractivity contribution < 1.29 is 9.53 Å². The zero-order valence-corrected chi connectivity index (χ0v) is 11.5. The van der Waals surface area contributed by atoms with Crippen LogP contribution in [0.5, 0.6) is 0 Å². The highest BCUT2D eigenvalue weighted by Gasteiger charge is 2.14. The molecular weight excluding hydrogens is 268 g/mol. The van der Waals surface area contributed by atoms with Crippen LogP contribution in [-0.4, -0.2) is 17.6 Å². The lowest BCUT2D eigenvalue weighted by molar-refractivity contribution is 0.0527. The summed E-state index contributed by atoms with van der Waals surface area (Å²) < 4.78 is 4.93. The Hall–Kier alpha value is -3.07. The van der Waals surface area contributed by atoms with Gasteiger partial charge in [0.1, 0.15) is 0 Å². The first-order chi connectivity index (χ1) is 10.2. The lowest BCUT2D eigenvalue weighted by Gasteiger charge is -2.11. The number of esters is 1. The molecule has 1 aromatic heterocycles. The van der Waals surface area contributed by atoms with Gasteiger partial charge >= 0.3 is 5.97 Å². The summed E-state index contributed by atoms with van der Waals surface area (Å²) in [6.07, 6.45) is 1.47. The van der Waals surface area contributed by atoms with Crippen LogP contribution in [0.4, 0.5) is 17.2 Å². The molecule has 0 radical (unpaired) electrons. The van der Waals surface area contributed by atoms with Crippen LogP contribution in [0, 0.1) is 11.3 Å². The van der Waals surface area contributed by atoms with Crippen molar-refractivity contribution in [3.63, 3.8) is 0 Å². The molecule has 0 spiro atoms. The number of hydrogen-bond donors (Lipinski definition) is 2. The summed E-state index contributed by atoms with van der Waals surface area (Å²) >= 11 is 0. The van der Waals surface area contributed by atoms with E-state index in [9.17, 15) is 4.79 Å². The number of ether oxygens (including phenoxy) is 1. The van der Waals surface area contributed by atoms with E-state index in [2.05, 4.69) is 10.3 Å². The minimum Gasteiger partial charge on any atom is -0.462 e. The second-order valence-electron chi connectivity index (χ2n) is 4.16. The topological polar surface area (TPSA) is 101 Å². The SMILES string of the molecule is CCOC(=O)c1ccnc(Nc2cccc(C#N)c2)c1N. The highest BCUT2D eigenvalue weighted by Crippen LogP contribution is 2.24. The third kappa shape index (κ3) is 3.28. The Morgan fingerprint density at radius 1 is 1.48 bits per heavy atom. The molecule has 0 aliphatic carbocycles. The van der Waals surface area contributed by atoms with E-state index in [1.165, 1.54) is 12.3 Å². The molecule has 106 valence electrons. The molecule has 0 saturated heterocycles. The van der Waals surface area contributed by atoms with Crippen molar-refractivity contribution in [3.05, 3.63) is 47.7 Å². The van der Waals surface area contributed by atoms with Crippen LogP contribution in [0.15, 0.2) is 36.5 Å². The van der Waals surface area contributed by atoms with Crippen molar-refractivity contribution in [1.82, 2.24) is 4.98 Å². The van der Waals surface area contributed by atoms with Gasteiger partial charge in [-0.2, -0.15) is 5.26 Å². The van der Waals surface area contributed by atoms with Gasteiger partial charge in [0.2, 0.25) is 0 Å². The zero-order valence-electron chi connectivity index (χ0n) is 11.5. The largest absolute Gasteiger partial charge is 0.462 e. The zero-order chi connectivity index (χ0) is 15.2. The van der Waals surface area contributed by atoms with E-state index >= 15 is 0 Å². The highest BCUT2D eigenvalue weighted by molar-refractivity contribution is 5.98. The summed E-state index contributed by atoms with van der Waals surface area (Å²) in [6, 6.07) is 10.4. The summed E-state index contributed by atoms with van der Waals surface area (Å²) in [7, 11) is 0. The van der Waals surface area contributed by atoms with Crippen molar-refractivity contribution in [1.29, 1.82) is 5.26 Å². The smallest absolute Gasteiger partial charge is 0.340 e. The fourth-order valence-corrected chi connectivity index (χ4v) is 1.76. The van der Waals surface area contributed by atoms with Crippen LogP contribution in [0.25, 0.3) is 0 Å². The van der Waals surface area contributed by atoms with Crippen LogP contribution >= 0.6 is 0 Å². The molecule has 1 heterocycles. The number of aromatic nitrogens is 1.